The molecule has 0 aliphatic carbocycles. The molecule has 0 bridgehead atoms. The number of hydrogen-bond donors (Lipinski definition) is 4. The van der Waals surface area contributed by atoms with Crippen LogP contribution in [0.15, 0.2) is 47.4 Å². The Kier molecular flexibility index (Phi) is 5.66. The van der Waals surface area contributed by atoms with E-state index in [9.17, 15) is 25.4 Å². The molecule has 1 amide bonds. The maximum atomic E-state index is 12.4. The van der Waals surface area contributed by atoms with Crippen molar-refractivity contribution >= 4 is 28.5 Å². The lowest BCUT2D eigenvalue weighted by molar-refractivity contribution is -0.112. The first-order chi connectivity index (χ1) is 13.9. The molecule has 0 saturated heterocycles. The number of hydrogen-bond acceptors (Lipinski definition) is 8. The third-order valence-corrected chi connectivity index (χ3v) is 4.63. The number of amides is 1. The van der Waals surface area contributed by atoms with Crippen LogP contribution in [-0.2, 0) is 4.79 Å². The number of nitrogens with zero attached hydrogens (tertiary/aromatic N) is 2. The van der Waals surface area contributed by atoms with Gasteiger partial charge in [0.2, 0.25) is 0 Å². The highest BCUT2D eigenvalue weighted by molar-refractivity contribution is 7.14. The van der Waals surface area contributed by atoms with E-state index in [4.69, 9.17) is 4.74 Å². The highest BCUT2D eigenvalue weighted by Gasteiger charge is 2.14. The first-order valence-corrected chi connectivity index (χ1v) is 9.07. The summed E-state index contributed by atoms with van der Waals surface area (Å²) in [6.07, 6.45) is 1.28. The number of thiazole rings is 1. The fourth-order valence-corrected chi connectivity index (χ4v) is 3.14. The summed E-state index contributed by atoms with van der Waals surface area (Å²) in [5.41, 5.74) is 1.35. The van der Waals surface area contributed by atoms with Crippen molar-refractivity contribution in [1.82, 2.24) is 4.98 Å². The van der Waals surface area contributed by atoms with Crippen LogP contribution in [0.1, 0.15) is 5.56 Å². The smallest absolute Gasteiger partial charge is 0.268 e. The summed E-state index contributed by atoms with van der Waals surface area (Å²) >= 11 is 1.16. The maximum absolute atomic E-state index is 12.4. The molecule has 4 N–H and O–H groups in total. The van der Waals surface area contributed by atoms with E-state index < -0.39 is 5.91 Å². The SMILES string of the molecule is COc1ccc(-c2csc(NC(=O)/C(C#N)=C/c3ccc(O)c(O)c3)n2)cc1O. The van der Waals surface area contributed by atoms with Gasteiger partial charge in [0.25, 0.3) is 5.91 Å². The standard InChI is InChI=1S/C20H15N3O5S/c1-28-18-5-3-12(8-17(18)26)14-10-29-20(22-14)23-19(27)13(9-21)6-11-2-4-15(24)16(25)7-11/h2-8,10,24-26H,1H3,(H,22,23,27)/b13-6+. The zero-order valence-corrected chi connectivity index (χ0v) is 15.9. The number of nitriles is 1. The van der Waals surface area contributed by atoms with Crippen molar-refractivity contribution in [3.05, 3.63) is 52.9 Å². The van der Waals surface area contributed by atoms with Crippen molar-refractivity contribution in [3.63, 3.8) is 0 Å². The summed E-state index contributed by atoms with van der Waals surface area (Å²) in [5.74, 6) is -1.02. The molecular weight excluding hydrogens is 394 g/mol. The number of ether oxygens (including phenoxy) is 1. The van der Waals surface area contributed by atoms with Gasteiger partial charge in [-0.15, -0.1) is 11.3 Å². The number of nitrogens with one attached hydrogen (secondary N) is 1. The molecule has 0 fully saturated rings. The summed E-state index contributed by atoms with van der Waals surface area (Å²) < 4.78 is 5.00. The second-order valence-corrected chi connectivity index (χ2v) is 6.65. The zero-order valence-electron chi connectivity index (χ0n) is 15.1. The van der Waals surface area contributed by atoms with Crippen LogP contribution in [0.3, 0.4) is 0 Å². The minimum absolute atomic E-state index is 0.0320. The molecule has 2 aromatic carbocycles. The van der Waals surface area contributed by atoms with Crippen molar-refractivity contribution in [2.45, 2.75) is 0 Å². The average Bonchev–Trinajstić information content (AvgIpc) is 3.17. The van der Waals surface area contributed by atoms with Gasteiger partial charge in [0.15, 0.2) is 28.1 Å². The number of rotatable bonds is 5. The molecule has 146 valence electrons. The molecule has 0 spiro atoms. The predicted octanol–water partition coefficient (Wildman–Crippen LogP) is 3.48. The molecular formula is C20H15N3O5S. The number of methoxy groups -OCH3 is 1. The third kappa shape index (κ3) is 4.45. The highest BCUT2D eigenvalue weighted by Crippen LogP contribution is 2.33. The molecule has 0 radical (unpaired) electrons. The van der Waals surface area contributed by atoms with Gasteiger partial charge in [0, 0.05) is 10.9 Å². The lowest BCUT2D eigenvalue weighted by atomic mass is 10.1. The van der Waals surface area contributed by atoms with Crippen LogP contribution in [0, 0.1) is 11.3 Å². The van der Waals surface area contributed by atoms with Gasteiger partial charge in [0.1, 0.15) is 11.6 Å². The first kappa shape index (κ1) is 19.7. The number of phenolic OH excluding ortho intramolecular Hbond substituents is 3. The Balaban J connectivity index is 1.78. The quantitative estimate of drug-likeness (QED) is 0.288. The van der Waals surface area contributed by atoms with Crippen LogP contribution in [0.4, 0.5) is 5.13 Å². The zero-order chi connectivity index (χ0) is 21.0. The lowest BCUT2D eigenvalue weighted by Crippen LogP contribution is -2.13. The molecule has 0 aliphatic rings. The molecule has 1 heterocycles. The lowest BCUT2D eigenvalue weighted by Gasteiger charge is -2.04. The number of benzene rings is 2. The molecule has 29 heavy (non-hydrogen) atoms. The molecule has 9 heteroatoms. The summed E-state index contributed by atoms with van der Waals surface area (Å²) in [4.78, 5) is 16.7. The van der Waals surface area contributed by atoms with Gasteiger partial charge in [0.05, 0.1) is 12.8 Å². The fourth-order valence-electron chi connectivity index (χ4n) is 2.42. The maximum Gasteiger partial charge on any atom is 0.268 e. The van der Waals surface area contributed by atoms with Crippen LogP contribution >= 0.6 is 11.3 Å². The highest BCUT2D eigenvalue weighted by atomic mass is 32.1. The minimum atomic E-state index is -0.668. The number of aromatic hydroxyl groups is 3. The molecule has 0 atom stereocenters. The van der Waals surface area contributed by atoms with Crippen molar-refractivity contribution < 1.29 is 24.9 Å². The number of anilines is 1. The summed E-state index contributed by atoms with van der Waals surface area (Å²) in [6.45, 7) is 0. The second-order valence-electron chi connectivity index (χ2n) is 5.80. The van der Waals surface area contributed by atoms with Gasteiger partial charge in [-0.25, -0.2) is 4.98 Å². The largest absolute Gasteiger partial charge is 0.504 e. The Morgan fingerprint density at radius 2 is 1.97 bits per heavy atom. The van der Waals surface area contributed by atoms with E-state index in [1.54, 1.807) is 23.6 Å². The normalized spacial score (nSPS) is 11.0. The Bertz CT molecular complexity index is 1150. The van der Waals surface area contributed by atoms with Crippen LogP contribution in [-0.4, -0.2) is 33.3 Å². The third-order valence-electron chi connectivity index (χ3n) is 3.87. The van der Waals surface area contributed by atoms with E-state index >= 15 is 0 Å². The van der Waals surface area contributed by atoms with Gasteiger partial charge in [-0.3, -0.25) is 10.1 Å². The van der Waals surface area contributed by atoms with Crippen LogP contribution in [0.5, 0.6) is 23.0 Å². The average molecular weight is 409 g/mol. The van der Waals surface area contributed by atoms with E-state index in [-0.39, 0.29) is 28.0 Å². The minimum Gasteiger partial charge on any atom is -0.504 e. The van der Waals surface area contributed by atoms with Crippen molar-refractivity contribution in [1.29, 1.82) is 5.26 Å². The Morgan fingerprint density at radius 1 is 1.17 bits per heavy atom. The molecule has 3 aromatic rings. The Hall–Kier alpha value is -4.03. The number of aromatic nitrogens is 1. The number of phenols is 3. The molecule has 0 unspecified atom stereocenters. The molecule has 0 aliphatic heterocycles. The van der Waals surface area contributed by atoms with Crippen LogP contribution in [0.2, 0.25) is 0 Å². The molecule has 0 saturated carbocycles. The van der Waals surface area contributed by atoms with E-state index in [1.165, 1.54) is 37.5 Å². The Morgan fingerprint density at radius 3 is 2.62 bits per heavy atom. The van der Waals surface area contributed by atoms with E-state index in [1.807, 2.05) is 0 Å². The topological polar surface area (TPSA) is 136 Å². The Labute approximate surface area is 169 Å². The van der Waals surface area contributed by atoms with E-state index in [2.05, 4.69) is 10.3 Å². The van der Waals surface area contributed by atoms with E-state index in [0.717, 1.165) is 11.3 Å². The van der Waals surface area contributed by atoms with Gasteiger partial charge < -0.3 is 20.1 Å². The fraction of sp³-hybridized carbons (Fsp3) is 0.0500. The second kappa shape index (κ2) is 8.33. The van der Waals surface area contributed by atoms with Gasteiger partial charge in [-0.1, -0.05) is 6.07 Å². The summed E-state index contributed by atoms with van der Waals surface area (Å²) in [6, 6.07) is 10.6. The van der Waals surface area contributed by atoms with Gasteiger partial charge in [-0.05, 0) is 42.0 Å². The molecule has 8 nitrogen and oxygen atoms in total. The van der Waals surface area contributed by atoms with E-state index in [0.29, 0.717) is 22.6 Å². The number of carbonyl (C=O) groups is 1. The summed E-state index contributed by atoms with van der Waals surface area (Å²) in [5, 5.41) is 42.5. The summed E-state index contributed by atoms with van der Waals surface area (Å²) in [7, 11) is 1.45. The van der Waals surface area contributed by atoms with Crippen molar-refractivity contribution in [2.24, 2.45) is 0 Å². The van der Waals surface area contributed by atoms with Crippen molar-refractivity contribution in [3.8, 4) is 40.3 Å². The van der Waals surface area contributed by atoms with Crippen LogP contribution < -0.4 is 10.1 Å². The predicted molar refractivity (Wildman–Crippen MR) is 108 cm³/mol. The molecule has 3 rings (SSSR count). The van der Waals surface area contributed by atoms with Crippen molar-refractivity contribution in [2.75, 3.05) is 12.4 Å². The van der Waals surface area contributed by atoms with Crippen LogP contribution in [0.25, 0.3) is 17.3 Å². The molecule has 1 aromatic heterocycles. The number of carbonyl (C=O) groups excluding carboxylic acids is 1. The monoisotopic (exact) mass is 409 g/mol. The van der Waals surface area contributed by atoms with Gasteiger partial charge >= 0.3 is 0 Å². The first-order valence-electron chi connectivity index (χ1n) is 8.19. The van der Waals surface area contributed by atoms with Gasteiger partial charge in [-0.2, -0.15) is 5.26 Å².